The summed E-state index contributed by atoms with van der Waals surface area (Å²) in [6.45, 7) is 2.77. The molecule has 0 aliphatic heterocycles. The molecule has 1 amide bonds. The highest BCUT2D eigenvalue weighted by molar-refractivity contribution is 9.10. The number of benzene rings is 1. The van der Waals surface area contributed by atoms with Crippen LogP contribution < -0.4 is 5.32 Å². The van der Waals surface area contributed by atoms with Crippen LogP contribution in [0.5, 0.6) is 0 Å². The second-order valence-electron chi connectivity index (χ2n) is 3.75. The minimum absolute atomic E-state index is 0.0463. The highest BCUT2D eigenvalue weighted by atomic mass is 79.9. The van der Waals surface area contributed by atoms with Crippen molar-refractivity contribution in [2.75, 3.05) is 6.54 Å². The Hall–Kier alpha value is -0.940. The lowest BCUT2D eigenvalue weighted by atomic mass is 10.3. The third kappa shape index (κ3) is 3.26. The maximum absolute atomic E-state index is 11.6. The fourth-order valence-corrected chi connectivity index (χ4v) is 3.00. The molecule has 2 rings (SSSR count). The highest BCUT2D eigenvalue weighted by Crippen LogP contribution is 2.25. The van der Waals surface area contributed by atoms with E-state index in [1.807, 2.05) is 25.1 Å². The van der Waals surface area contributed by atoms with Gasteiger partial charge in [-0.15, -0.1) is 11.3 Å². The molecule has 1 heterocycles. The van der Waals surface area contributed by atoms with Gasteiger partial charge >= 0.3 is 0 Å². The number of halogens is 1. The molecule has 0 aliphatic carbocycles. The summed E-state index contributed by atoms with van der Waals surface area (Å²) in [5.74, 6) is 0.0463. The van der Waals surface area contributed by atoms with Crippen LogP contribution in [0, 0.1) is 0 Å². The van der Waals surface area contributed by atoms with Gasteiger partial charge in [-0.3, -0.25) is 4.79 Å². The topological polar surface area (TPSA) is 42.0 Å². The Morgan fingerprint density at radius 1 is 1.53 bits per heavy atom. The van der Waals surface area contributed by atoms with Crippen molar-refractivity contribution in [2.24, 2.45) is 0 Å². The Bertz CT molecular complexity index is 538. The normalized spacial score (nSPS) is 10.7. The monoisotopic (exact) mass is 312 g/mol. The van der Waals surface area contributed by atoms with Gasteiger partial charge in [0.1, 0.15) is 5.01 Å². The fourth-order valence-electron chi connectivity index (χ4n) is 1.49. The van der Waals surface area contributed by atoms with Crippen LogP contribution in [0.2, 0.25) is 0 Å². The van der Waals surface area contributed by atoms with E-state index >= 15 is 0 Å². The number of thiazole rings is 1. The van der Waals surface area contributed by atoms with Crippen molar-refractivity contribution < 1.29 is 4.79 Å². The van der Waals surface area contributed by atoms with E-state index in [1.54, 1.807) is 11.3 Å². The van der Waals surface area contributed by atoms with Gasteiger partial charge in [0.25, 0.3) is 0 Å². The quantitative estimate of drug-likeness (QED) is 0.942. The van der Waals surface area contributed by atoms with Crippen molar-refractivity contribution in [1.29, 1.82) is 0 Å². The number of fused-ring (bicyclic) bond motifs is 1. The lowest BCUT2D eigenvalue weighted by molar-refractivity contribution is -0.120. The van der Waals surface area contributed by atoms with Gasteiger partial charge in [-0.05, 0) is 24.6 Å². The smallest absolute Gasteiger partial charge is 0.226 e. The van der Waals surface area contributed by atoms with Crippen molar-refractivity contribution >= 4 is 43.4 Å². The van der Waals surface area contributed by atoms with E-state index in [9.17, 15) is 4.79 Å². The molecule has 1 aromatic heterocycles. The third-order valence-electron chi connectivity index (χ3n) is 2.28. The minimum Gasteiger partial charge on any atom is -0.356 e. The van der Waals surface area contributed by atoms with Gasteiger partial charge in [0.2, 0.25) is 5.91 Å². The average molecular weight is 313 g/mol. The van der Waals surface area contributed by atoms with Crippen LogP contribution in [0.1, 0.15) is 18.4 Å². The van der Waals surface area contributed by atoms with Gasteiger partial charge in [0, 0.05) is 11.0 Å². The summed E-state index contributed by atoms with van der Waals surface area (Å²) in [7, 11) is 0. The predicted molar refractivity (Wildman–Crippen MR) is 74.3 cm³/mol. The number of rotatable bonds is 4. The zero-order chi connectivity index (χ0) is 12.3. The summed E-state index contributed by atoms with van der Waals surface area (Å²) in [5, 5.41) is 3.72. The molecule has 0 saturated heterocycles. The zero-order valence-electron chi connectivity index (χ0n) is 9.50. The molecule has 0 bridgehead atoms. The van der Waals surface area contributed by atoms with Crippen LogP contribution in [-0.2, 0) is 11.2 Å². The van der Waals surface area contributed by atoms with Crippen molar-refractivity contribution in [1.82, 2.24) is 10.3 Å². The van der Waals surface area contributed by atoms with E-state index in [-0.39, 0.29) is 5.91 Å². The van der Waals surface area contributed by atoms with E-state index in [2.05, 4.69) is 26.2 Å². The Kier molecular flexibility index (Phi) is 4.12. The lowest BCUT2D eigenvalue weighted by Crippen LogP contribution is -2.25. The predicted octanol–water partition coefficient (Wildman–Crippen LogP) is 3.13. The molecule has 2 aromatic rings. The Labute approximate surface area is 112 Å². The number of carbonyl (C=O) groups is 1. The Morgan fingerprint density at radius 3 is 3.12 bits per heavy atom. The summed E-state index contributed by atoms with van der Waals surface area (Å²) < 4.78 is 2.15. The number of hydrogen-bond acceptors (Lipinski definition) is 3. The van der Waals surface area contributed by atoms with E-state index in [4.69, 9.17) is 0 Å². The Morgan fingerprint density at radius 2 is 2.35 bits per heavy atom. The first kappa shape index (κ1) is 12.5. The first-order valence-corrected chi connectivity index (χ1v) is 7.11. The van der Waals surface area contributed by atoms with E-state index in [0.29, 0.717) is 6.42 Å². The number of hydrogen-bond donors (Lipinski definition) is 1. The fraction of sp³-hybridized carbons (Fsp3) is 0.333. The van der Waals surface area contributed by atoms with Gasteiger partial charge in [0.05, 0.1) is 16.6 Å². The number of nitrogens with one attached hydrogen (secondary N) is 1. The van der Waals surface area contributed by atoms with Gasteiger partial charge in [-0.1, -0.05) is 22.9 Å². The summed E-state index contributed by atoms with van der Waals surface area (Å²) in [5.41, 5.74) is 0.955. The molecule has 90 valence electrons. The summed E-state index contributed by atoms with van der Waals surface area (Å²) in [4.78, 5) is 16.0. The molecular weight excluding hydrogens is 300 g/mol. The maximum atomic E-state index is 11.6. The first-order chi connectivity index (χ1) is 8.19. The average Bonchev–Trinajstić information content (AvgIpc) is 2.67. The number of nitrogens with zero attached hydrogens (tertiary/aromatic N) is 1. The molecule has 0 fully saturated rings. The van der Waals surface area contributed by atoms with Crippen LogP contribution in [0.15, 0.2) is 22.7 Å². The molecule has 0 spiro atoms. The van der Waals surface area contributed by atoms with Crippen LogP contribution in [0.25, 0.3) is 10.2 Å². The zero-order valence-corrected chi connectivity index (χ0v) is 11.9. The van der Waals surface area contributed by atoms with Crippen LogP contribution in [0.3, 0.4) is 0 Å². The largest absolute Gasteiger partial charge is 0.356 e. The standard InChI is InChI=1S/C12H13BrN2OS/c1-2-5-14-11(16)7-12-15-9-4-3-8(13)6-10(9)17-12/h3-4,6H,2,5,7H2,1H3,(H,14,16). The molecule has 1 aromatic carbocycles. The van der Waals surface area contributed by atoms with Crippen LogP contribution in [0.4, 0.5) is 0 Å². The van der Waals surface area contributed by atoms with Crippen LogP contribution in [-0.4, -0.2) is 17.4 Å². The van der Waals surface area contributed by atoms with E-state index < -0.39 is 0 Å². The molecule has 5 heteroatoms. The maximum Gasteiger partial charge on any atom is 0.226 e. The molecule has 0 aliphatic rings. The molecule has 1 N–H and O–H groups in total. The third-order valence-corrected chi connectivity index (χ3v) is 3.79. The summed E-state index contributed by atoms with van der Waals surface area (Å²) in [6.07, 6.45) is 1.33. The van der Waals surface area contributed by atoms with E-state index in [0.717, 1.165) is 32.7 Å². The first-order valence-electron chi connectivity index (χ1n) is 5.50. The molecular formula is C12H13BrN2OS. The number of aromatic nitrogens is 1. The van der Waals surface area contributed by atoms with Crippen molar-refractivity contribution in [3.8, 4) is 0 Å². The van der Waals surface area contributed by atoms with Crippen molar-refractivity contribution in [2.45, 2.75) is 19.8 Å². The van der Waals surface area contributed by atoms with Crippen LogP contribution >= 0.6 is 27.3 Å². The van der Waals surface area contributed by atoms with Gasteiger partial charge in [-0.2, -0.15) is 0 Å². The molecule has 0 radical (unpaired) electrons. The van der Waals surface area contributed by atoms with Crippen molar-refractivity contribution in [3.05, 3.63) is 27.7 Å². The van der Waals surface area contributed by atoms with Gasteiger partial charge in [-0.25, -0.2) is 4.98 Å². The van der Waals surface area contributed by atoms with E-state index in [1.165, 1.54) is 0 Å². The van der Waals surface area contributed by atoms with Crippen molar-refractivity contribution in [3.63, 3.8) is 0 Å². The Balaban J connectivity index is 2.11. The second-order valence-corrected chi connectivity index (χ2v) is 5.78. The molecule has 0 saturated carbocycles. The molecule has 0 atom stereocenters. The molecule has 17 heavy (non-hydrogen) atoms. The number of carbonyl (C=O) groups excluding carboxylic acids is 1. The molecule has 0 unspecified atom stereocenters. The minimum atomic E-state index is 0.0463. The summed E-state index contributed by atoms with van der Waals surface area (Å²) in [6, 6.07) is 5.95. The highest BCUT2D eigenvalue weighted by Gasteiger charge is 2.08. The van der Waals surface area contributed by atoms with Gasteiger partial charge in [0.15, 0.2) is 0 Å². The molecule has 3 nitrogen and oxygen atoms in total. The lowest BCUT2D eigenvalue weighted by Gasteiger charge is -1.99. The number of amides is 1. The van der Waals surface area contributed by atoms with Gasteiger partial charge < -0.3 is 5.32 Å². The second kappa shape index (κ2) is 5.60. The summed E-state index contributed by atoms with van der Waals surface area (Å²) >= 11 is 5.00. The SMILES string of the molecule is CCCNC(=O)Cc1nc2ccc(Br)cc2s1.